The maximum absolute atomic E-state index is 12.9. The Morgan fingerprint density at radius 2 is 0.485 bits per heavy atom. The fourth-order valence-corrected chi connectivity index (χ4v) is 9.63. The van der Waals surface area contributed by atoms with Gasteiger partial charge in [-0.05, 0) is 25.2 Å². The third kappa shape index (κ3) is 55.3. The first-order valence-corrected chi connectivity index (χ1v) is 30.9. The van der Waals surface area contributed by atoms with Crippen molar-refractivity contribution >= 4 is 17.9 Å². The Hall–Kier alpha value is -1.59. The molecule has 0 fully saturated rings. The van der Waals surface area contributed by atoms with Crippen LogP contribution < -0.4 is 0 Å². The third-order valence-electron chi connectivity index (χ3n) is 14.3. The Morgan fingerprint density at radius 1 is 0.279 bits per heavy atom. The molecule has 0 aliphatic rings. The van der Waals surface area contributed by atoms with E-state index in [9.17, 15) is 14.4 Å². The van der Waals surface area contributed by atoms with Gasteiger partial charge in [0.25, 0.3) is 0 Å². The Morgan fingerprint density at radius 3 is 0.721 bits per heavy atom. The van der Waals surface area contributed by atoms with E-state index in [0.29, 0.717) is 19.3 Å². The van der Waals surface area contributed by atoms with Crippen molar-refractivity contribution in [3.05, 3.63) is 0 Å². The van der Waals surface area contributed by atoms with Crippen molar-refractivity contribution in [3.63, 3.8) is 0 Å². The molecule has 0 spiro atoms. The molecule has 0 aliphatic heterocycles. The molecule has 0 rings (SSSR count). The molecule has 0 aliphatic carbocycles. The largest absolute Gasteiger partial charge is 0.462 e. The number of rotatable bonds is 57. The standard InChI is InChI=1S/C62H120O6/c1-5-7-9-11-13-15-17-18-19-20-24-28-31-35-39-43-47-51-55-62(65)68-59(56-66-60(63)53-49-45-41-37-32-16-14-12-10-8-6-2)57-67-61(64)54-50-46-42-38-34-30-27-25-22-21-23-26-29-33-36-40-44-48-52-58(3)4/h58-59H,5-57H2,1-4H3/t59-/m0/s1. The van der Waals surface area contributed by atoms with Crippen LogP contribution in [0.4, 0.5) is 0 Å². The molecule has 0 amide bonds. The molecule has 0 N–H and O–H groups in total. The van der Waals surface area contributed by atoms with Gasteiger partial charge < -0.3 is 14.2 Å². The van der Waals surface area contributed by atoms with E-state index in [-0.39, 0.29) is 31.1 Å². The summed E-state index contributed by atoms with van der Waals surface area (Å²) in [5.74, 6) is 0.0275. The molecule has 6 nitrogen and oxygen atoms in total. The summed E-state index contributed by atoms with van der Waals surface area (Å²) in [6.45, 7) is 9.08. The lowest BCUT2D eigenvalue weighted by Gasteiger charge is -2.18. The van der Waals surface area contributed by atoms with Gasteiger partial charge in [0.2, 0.25) is 0 Å². The molecule has 1 atom stereocenters. The van der Waals surface area contributed by atoms with Crippen LogP contribution in [0.25, 0.3) is 0 Å². The van der Waals surface area contributed by atoms with Gasteiger partial charge in [0.1, 0.15) is 13.2 Å². The van der Waals surface area contributed by atoms with Gasteiger partial charge in [-0.15, -0.1) is 0 Å². The van der Waals surface area contributed by atoms with E-state index in [0.717, 1.165) is 63.7 Å². The van der Waals surface area contributed by atoms with Crippen LogP contribution in [0.1, 0.15) is 355 Å². The van der Waals surface area contributed by atoms with Crippen molar-refractivity contribution in [3.8, 4) is 0 Å². The van der Waals surface area contributed by atoms with Gasteiger partial charge in [0, 0.05) is 19.3 Å². The second-order valence-electron chi connectivity index (χ2n) is 21.8. The first-order valence-electron chi connectivity index (χ1n) is 30.9. The zero-order chi connectivity index (χ0) is 49.5. The topological polar surface area (TPSA) is 78.9 Å². The summed E-state index contributed by atoms with van der Waals surface area (Å²) >= 11 is 0. The number of unbranched alkanes of at least 4 members (excludes halogenated alkanes) is 44. The minimum absolute atomic E-state index is 0.0614. The smallest absolute Gasteiger partial charge is 0.306 e. The van der Waals surface area contributed by atoms with Gasteiger partial charge >= 0.3 is 17.9 Å². The number of hydrogen-bond acceptors (Lipinski definition) is 6. The molecular formula is C62H120O6. The van der Waals surface area contributed by atoms with Crippen LogP contribution in [0.2, 0.25) is 0 Å². The highest BCUT2D eigenvalue weighted by atomic mass is 16.6. The monoisotopic (exact) mass is 961 g/mol. The molecule has 404 valence electrons. The molecule has 0 heterocycles. The molecule has 68 heavy (non-hydrogen) atoms. The normalized spacial score (nSPS) is 12.0. The zero-order valence-electron chi connectivity index (χ0n) is 46.6. The van der Waals surface area contributed by atoms with Gasteiger partial charge in [-0.1, -0.05) is 317 Å². The number of carbonyl (C=O) groups is 3. The van der Waals surface area contributed by atoms with E-state index in [1.165, 1.54) is 250 Å². The van der Waals surface area contributed by atoms with Crippen LogP contribution in [0.15, 0.2) is 0 Å². The van der Waals surface area contributed by atoms with Gasteiger partial charge in [0.05, 0.1) is 0 Å². The maximum atomic E-state index is 12.9. The second-order valence-corrected chi connectivity index (χ2v) is 21.8. The molecule has 0 saturated heterocycles. The van der Waals surface area contributed by atoms with E-state index in [1.807, 2.05) is 0 Å². The van der Waals surface area contributed by atoms with Crippen LogP contribution in [0.5, 0.6) is 0 Å². The highest BCUT2D eigenvalue weighted by Gasteiger charge is 2.19. The molecule has 0 aromatic heterocycles. The van der Waals surface area contributed by atoms with Crippen molar-refractivity contribution in [1.29, 1.82) is 0 Å². The van der Waals surface area contributed by atoms with Crippen LogP contribution in [-0.4, -0.2) is 37.2 Å². The van der Waals surface area contributed by atoms with Crippen LogP contribution in [-0.2, 0) is 28.6 Å². The molecule has 0 unspecified atom stereocenters. The zero-order valence-corrected chi connectivity index (χ0v) is 46.6. The van der Waals surface area contributed by atoms with Crippen molar-refractivity contribution in [2.24, 2.45) is 5.92 Å². The summed E-state index contributed by atoms with van der Waals surface area (Å²) in [5.41, 5.74) is 0. The first-order chi connectivity index (χ1) is 33.4. The number of hydrogen-bond donors (Lipinski definition) is 0. The molecular weight excluding hydrogens is 841 g/mol. The predicted octanol–water partition coefficient (Wildman–Crippen LogP) is 20.6. The highest BCUT2D eigenvalue weighted by Crippen LogP contribution is 2.18. The van der Waals surface area contributed by atoms with Crippen LogP contribution in [0.3, 0.4) is 0 Å². The maximum Gasteiger partial charge on any atom is 0.306 e. The molecule has 0 radical (unpaired) electrons. The minimum atomic E-state index is -0.762. The summed E-state index contributed by atoms with van der Waals surface area (Å²) in [6.07, 6.45) is 62.5. The van der Waals surface area contributed by atoms with Gasteiger partial charge in [-0.2, -0.15) is 0 Å². The van der Waals surface area contributed by atoms with Crippen molar-refractivity contribution in [2.75, 3.05) is 13.2 Å². The molecule has 0 saturated carbocycles. The van der Waals surface area contributed by atoms with Gasteiger partial charge in [0.15, 0.2) is 6.10 Å². The summed E-state index contributed by atoms with van der Waals surface area (Å²) < 4.78 is 16.9. The Bertz CT molecular complexity index is 1030. The quantitative estimate of drug-likeness (QED) is 0.0343. The van der Waals surface area contributed by atoms with E-state index in [2.05, 4.69) is 27.7 Å². The fourth-order valence-electron chi connectivity index (χ4n) is 9.63. The second kappa shape index (κ2) is 56.3. The first kappa shape index (κ1) is 66.4. The molecule has 0 bridgehead atoms. The van der Waals surface area contributed by atoms with Gasteiger partial charge in [-0.3, -0.25) is 14.4 Å². The Kier molecular flexibility index (Phi) is 55.0. The van der Waals surface area contributed by atoms with E-state index in [4.69, 9.17) is 14.2 Å². The lowest BCUT2D eigenvalue weighted by molar-refractivity contribution is -0.167. The summed E-state index contributed by atoms with van der Waals surface area (Å²) in [6, 6.07) is 0. The van der Waals surface area contributed by atoms with Crippen molar-refractivity contribution < 1.29 is 28.6 Å². The third-order valence-corrected chi connectivity index (χ3v) is 14.3. The van der Waals surface area contributed by atoms with E-state index >= 15 is 0 Å². The fraction of sp³-hybridized carbons (Fsp3) is 0.952. The number of esters is 3. The SMILES string of the molecule is CCCCCCCCCCCCCCCCCCCCC(=O)O[C@@H](COC(=O)CCCCCCCCCCCCC)COC(=O)CCCCCCCCCCCCCCCCCCCCC(C)C. The number of ether oxygens (including phenoxy) is 3. The molecule has 0 aromatic carbocycles. The van der Waals surface area contributed by atoms with E-state index < -0.39 is 6.10 Å². The highest BCUT2D eigenvalue weighted by molar-refractivity contribution is 5.71. The molecule has 0 aromatic rings. The predicted molar refractivity (Wildman–Crippen MR) is 293 cm³/mol. The Labute approximate surface area is 425 Å². The summed E-state index contributed by atoms with van der Waals surface area (Å²) in [7, 11) is 0. The van der Waals surface area contributed by atoms with Crippen molar-refractivity contribution in [1.82, 2.24) is 0 Å². The van der Waals surface area contributed by atoms with Crippen LogP contribution in [0, 0.1) is 5.92 Å². The Balaban J connectivity index is 4.21. The average molecular weight is 962 g/mol. The van der Waals surface area contributed by atoms with Crippen LogP contribution >= 0.6 is 0 Å². The van der Waals surface area contributed by atoms with Crippen molar-refractivity contribution in [2.45, 2.75) is 361 Å². The number of carbonyl (C=O) groups excluding carboxylic acids is 3. The summed E-state index contributed by atoms with van der Waals surface area (Å²) in [5, 5.41) is 0. The molecule has 6 heteroatoms. The lowest BCUT2D eigenvalue weighted by atomic mass is 10.0. The average Bonchev–Trinajstić information content (AvgIpc) is 3.32. The summed E-state index contributed by atoms with van der Waals surface area (Å²) in [4.78, 5) is 38.2. The van der Waals surface area contributed by atoms with Gasteiger partial charge in [-0.25, -0.2) is 0 Å². The van der Waals surface area contributed by atoms with E-state index in [1.54, 1.807) is 0 Å². The lowest BCUT2D eigenvalue weighted by Crippen LogP contribution is -2.30. The minimum Gasteiger partial charge on any atom is -0.462 e.